The third-order valence-corrected chi connectivity index (χ3v) is 4.87. The van der Waals surface area contributed by atoms with E-state index in [4.69, 9.17) is 4.74 Å². The van der Waals surface area contributed by atoms with Gasteiger partial charge in [-0.2, -0.15) is 0 Å². The van der Waals surface area contributed by atoms with Crippen molar-refractivity contribution in [2.45, 2.75) is 79.0 Å². The Hall–Kier alpha value is -0.780. The quantitative estimate of drug-likeness (QED) is 0.485. The molecule has 154 valence electrons. The Labute approximate surface area is 160 Å². The van der Waals surface area contributed by atoms with E-state index in [1.54, 1.807) is 6.08 Å². The molecule has 0 saturated heterocycles. The Morgan fingerprint density at radius 1 is 1.23 bits per heavy atom. The average Bonchev–Trinajstić information content (AvgIpc) is 2.50. The van der Waals surface area contributed by atoms with Gasteiger partial charge in [-0.05, 0) is 66.8 Å². The van der Waals surface area contributed by atoms with Crippen LogP contribution in [0.1, 0.15) is 61.3 Å². The van der Waals surface area contributed by atoms with E-state index in [0.29, 0.717) is 32.0 Å². The van der Waals surface area contributed by atoms with Gasteiger partial charge in [-0.1, -0.05) is 13.8 Å². The van der Waals surface area contributed by atoms with E-state index >= 15 is 0 Å². The van der Waals surface area contributed by atoms with E-state index in [1.165, 1.54) is 0 Å². The highest BCUT2D eigenvalue weighted by Gasteiger charge is 2.36. The lowest BCUT2D eigenvalue weighted by molar-refractivity contribution is -0.0325. The fourth-order valence-corrected chi connectivity index (χ4v) is 3.05. The van der Waals surface area contributed by atoms with E-state index in [-0.39, 0.29) is 17.4 Å². The number of aliphatic hydroxyl groups is 1. The van der Waals surface area contributed by atoms with Gasteiger partial charge in [0.1, 0.15) is 0 Å². The van der Waals surface area contributed by atoms with E-state index in [0.717, 1.165) is 13.0 Å². The zero-order valence-corrected chi connectivity index (χ0v) is 18.1. The van der Waals surface area contributed by atoms with Crippen LogP contribution in [0.15, 0.2) is 17.4 Å². The predicted octanol–water partition coefficient (Wildman–Crippen LogP) is 4.48. The number of halogens is 1. The molecule has 0 spiro atoms. The molecule has 0 fully saturated rings. The van der Waals surface area contributed by atoms with Gasteiger partial charge in [0.15, 0.2) is 0 Å². The Kier molecular flexibility index (Phi) is 11.5. The standard InChI is InChI=1S/C21H41FN2O2/c1-9-12-23-18(4)21(7,15-20(5,6)25)16-26-14-19(10-11-22)13-24(8)17(2)3/h10-12,17-19,25H,9,13-16H2,1-8H3/b11-10+,23-12?/t18-,19-,21+/m0/s1. The molecule has 0 heterocycles. The first-order valence-corrected chi connectivity index (χ1v) is 9.74. The second-order valence-corrected chi connectivity index (χ2v) is 8.69. The average molecular weight is 373 g/mol. The zero-order valence-electron chi connectivity index (χ0n) is 18.1. The molecule has 0 amide bonds. The number of aliphatic imine (C=N–C) groups is 1. The summed E-state index contributed by atoms with van der Waals surface area (Å²) in [5.74, 6) is -0.00626. The molecule has 0 aliphatic heterocycles. The number of hydrogen-bond donors (Lipinski definition) is 1. The second kappa shape index (κ2) is 11.8. The van der Waals surface area contributed by atoms with Crippen molar-refractivity contribution in [3.05, 3.63) is 12.4 Å². The Balaban J connectivity index is 4.97. The maximum absolute atomic E-state index is 12.7. The molecule has 0 bridgehead atoms. The molecule has 4 nitrogen and oxygen atoms in total. The van der Waals surface area contributed by atoms with E-state index in [9.17, 15) is 9.50 Å². The molecule has 0 aliphatic rings. The van der Waals surface area contributed by atoms with Crippen LogP contribution >= 0.6 is 0 Å². The summed E-state index contributed by atoms with van der Waals surface area (Å²) in [6, 6.07) is 0.428. The van der Waals surface area contributed by atoms with Crippen LogP contribution in [0.2, 0.25) is 0 Å². The highest BCUT2D eigenvalue weighted by Crippen LogP contribution is 2.34. The molecule has 0 aromatic carbocycles. The smallest absolute Gasteiger partial charge is 0.0831 e. The summed E-state index contributed by atoms with van der Waals surface area (Å²) in [4.78, 5) is 6.79. The predicted molar refractivity (Wildman–Crippen MR) is 110 cm³/mol. The molecule has 3 atom stereocenters. The van der Waals surface area contributed by atoms with Crippen LogP contribution in [0, 0.1) is 11.3 Å². The molecule has 0 aliphatic carbocycles. The lowest BCUT2D eigenvalue weighted by Gasteiger charge is -2.38. The van der Waals surface area contributed by atoms with Crippen LogP contribution in [-0.4, -0.2) is 60.7 Å². The Bertz CT molecular complexity index is 432. The number of rotatable bonds is 13. The van der Waals surface area contributed by atoms with Crippen molar-refractivity contribution in [2.75, 3.05) is 26.8 Å². The van der Waals surface area contributed by atoms with Crippen molar-refractivity contribution < 1.29 is 14.2 Å². The van der Waals surface area contributed by atoms with Gasteiger partial charge in [-0.25, -0.2) is 4.39 Å². The highest BCUT2D eigenvalue weighted by atomic mass is 19.1. The minimum Gasteiger partial charge on any atom is -0.390 e. The van der Waals surface area contributed by atoms with Crippen molar-refractivity contribution in [1.82, 2.24) is 4.90 Å². The third kappa shape index (κ3) is 10.4. The summed E-state index contributed by atoms with van der Waals surface area (Å²) < 4.78 is 18.8. The van der Waals surface area contributed by atoms with Crippen LogP contribution in [0.3, 0.4) is 0 Å². The van der Waals surface area contributed by atoms with Crippen LogP contribution < -0.4 is 0 Å². The molecule has 0 rings (SSSR count). The highest BCUT2D eigenvalue weighted by molar-refractivity contribution is 5.56. The Morgan fingerprint density at radius 2 is 1.85 bits per heavy atom. The fourth-order valence-electron chi connectivity index (χ4n) is 3.05. The molecule has 1 N–H and O–H groups in total. The largest absolute Gasteiger partial charge is 0.390 e. The van der Waals surface area contributed by atoms with Gasteiger partial charge in [0.25, 0.3) is 0 Å². The topological polar surface area (TPSA) is 45.1 Å². The molecule has 0 aromatic rings. The lowest BCUT2D eigenvalue weighted by atomic mass is 9.75. The molecule has 0 saturated carbocycles. The molecule has 0 aromatic heterocycles. The summed E-state index contributed by atoms with van der Waals surface area (Å²) in [7, 11) is 2.03. The van der Waals surface area contributed by atoms with Crippen LogP contribution in [0.25, 0.3) is 0 Å². The molecule has 26 heavy (non-hydrogen) atoms. The summed E-state index contributed by atoms with van der Waals surface area (Å²) >= 11 is 0. The van der Waals surface area contributed by atoms with Crippen molar-refractivity contribution in [2.24, 2.45) is 16.3 Å². The summed E-state index contributed by atoms with van der Waals surface area (Å²) in [6.45, 7) is 15.7. The molecule has 5 heteroatoms. The lowest BCUT2D eigenvalue weighted by Crippen LogP contribution is -2.41. The normalized spacial score (nSPS) is 18.2. The molecular weight excluding hydrogens is 331 g/mol. The molecule has 0 radical (unpaired) electrons. The van der Waals surface area contributed by atoms with Gasteiger partial charge in [0, 0.05) is 23.9 Å². The molecular formula is C21H41FN2O2. The fraction of sp³-hybridized carbons (Fsp3) is 0.857. The first kappa shape index (κ1) is 25.2. The Morgan fingerprint density at radius 3 is 2.31 bits per heavy atom. The van der Waals surface area contributed by atoms with E-state index < -0.39 is 5.60 Å². The zero-order chi connectivity index (χ0) is 20.4. The maximum Gasteiger partial charge on any atom is 0.0831 e. The SMILES string of the molecule is CCC=N[C@@H](C)[C@@](C)(COC[C@@H](/C=C/F)CN(C)C(C)C)CC(C)(C)O. The summed E-state index contributed by atoms with van der Waals surface area (Å²) in [6.07, 6.45) is 5.54. The van der Waals surface area contributed by atoms with Gasteiger partial charge >= 0.3 is 0 Å². The summed E-state index contributed by atoms with van der Waals surface area (Å²) in [5, 5.41) is 10.3. The van der Waals surface area contributed by atoms with Crippen LogP contribution in [0.5, 0.6) is 0 Å². The van der Waals surface area contributed by atoms with E-state index in [1.807, 2.05) is 27.1 Å². The maximum atomic E-state index is 12.7. The first-order chi connectivity index (χ1) is 11.9. The van der Waals surface area contributed by atoms with Crippen molar-refractivity contribution in [1.29, 1.82) is 0 Å². The van der Waals surface area contributed by atoms with E-state index in [2.05, 4.69) is 44.5 Å². The van der Waals surface area contributed by atoms with Crippen molar-refractivity contribution in [3.63, 3.8) is 0 Å². The number of nitrogens with zero attached hydrogens (tertiary/aromatic N) is 2. The van der Waals surface area contributed by atoms with Gasteiger partial charge in [-0.3, -0.25) is 4.99 Å². The molecule has 0 unspecified atom stereocenters. The third-order valence-electron chi connectivity index (χ3n) is 4.87. The minimum absolute atomic E-state index is 0.00626. The summed E-state index contributed by atoms with van der Waals surface area (Å²) in [5.41, 5.74) is -1.10. The van der Waals surface area contributed by atoms with Crippen molar-refractivity contribution in [3.8, 4) is 0 Å². The number of hydrogen-bond acceptors (Lipinski definition) is 4. The van der Waals surface area contributed by atoms with Gasteiger partial charge in [-0.15, -0.1) is 0 Å². The van der Waals surface area contributed by atoms with Gasteiger partial charge in [0.2, 0.25) is 0 Å². The van der Waals surface area contributed by atoms with Crippen LogP contribution in [-0.2, 0) is 4.74 Å². The number of ether oxygens (including phenoxy) is 1. The first-order valence-electron chi connectivity index (χ1n) is 9.74. The minimum atomic E-state index is -0.801. The monoisotopic (exact) mass is 372 g/mol. The second-order valence-electron chi connectivity index (χ2n) is 8.69. The van der Waals surface area contributed by atoms with Crippen molar-refractivity contribution >= 4 is 6.21 Å². The van der Waals surface area contributed by atoms with Crippen LogP contribution in [0.4, 0.5) is 4.39 Å². The van der Waals surface area contributed by atoms with Gasteiger partial charge in [0.05, 0.1) is 31.2 Å². The van der Waals surface area contributed by atoms with Gasteiger partial charge < -0.3 is 14.7 Å².